The summed E-state index contributed by atoms with van der Waals surface area (Å²) in [7, 11) is -3.93. The normalized spacial score (nSPS) is 11.7. The molecule has 1 amide bonds. The van der Waals surface area contributed by atoms with Crippen LogP contribution < -0.4 is 10.1 Å². The van der Waals surface area contributed by atoms with E-state index in [4.69, 9.17) is 0 Å². The van der Waals surface area contributed by atoms with Crippen LogP contribution in [0.5, 0.6) is 0 Å². The van der Waals surface area contributed by atoms with Gasteiger partial charge in [-0.3, -0.25) is 19.6 Å². The van der Waals surface area contributed by atoms with E-state index in [-0.39, 0.29) is 16.1 Å². The minimum atomic E-state index is -3.93. The highest BCUT2D eigenvalue weighted by Gasteiger charge is 2.18. The monoisotopic (exact) mass is 480 g/mol. The summed E-state index contributed by atoms with van der Waals surface area (Å²) >= 11 is 0. The van der Waals surface area contributed by atoms with E-state index < -0.39 is 20.9 Å². The van der Waals surface area contributed by atoms with Gasteiger partial charge in [-0.25, -0.2) is 13.8 Å². The average molecular weight is 481 g/mol. The molecule has 0 aromatic heterocycles. The summed E-state index contributed by atoms with van der Waals surface area (Å²) in [6.07, 6.45) is 0. The summed E-state index contributed by atoms with van der Waals surface area (Å²) < 4.78 is 28.3. The molecule has 3 rings (SSSR count). The third kappa shape index (κ3) is 5.65. The van der Waals surface area contributed by atoms with Crippen molar-refractivity contribution in [2.45, 2.75) is 32.6 Å². The van der Waals surface area contributed by atoms with Crippen molar-refractivity contribution < 1.29 is 18.1 Å². The average Bonchev–Trinajstić information content (AvgIpc) is 2.79. The molecule has 0 saturated heterocycles. The van der Waals surface area contributed by atoms with Gasteiger partial charge in [0.15, 0.2) is 0 Å². The molecule has 0 radical (unpaired) electrons. The van der Waals surface area contributed by atoms with Crippen LogP contribution in [0.2, 0.25) is 0 Å². The third-order valence-corrected chi connectivity index (χ3v) is 6.54. The summed E-state index contributed by atoms with van der Waals surface area (Å²) in [6.45, 7) is 6.95. The Hall–Kier alpha value is -4.05. The molecule has 0 saturated carbocycles. The lowest BCUT2D eigenvalue weighted by molar-refractivity contribution is -0.385. The highest BCUT2D eigenvalue weighted by atomic mass is 32.2. The summed E-state index contributed by atoms with van der Waals surface area (Å²) in [5.74, 6) is -0.621. The van der Waals surface area contributed by atoms with E-state index in [1.54, 1.807) is 45.0 Å². The zero-order valence-corrected chi connectivity index (χ0v) is 19.9. The number of rotatable bonds is 7. The van der Waals surface area contributed by atoms with Gasteiger partial charge in [-0.15, -0.1) is 0 Å². The van der Waals surface area contributed by atoms with Gasteiger partial charge in [-0.05, 0) is 57.5 Å². The second kappa shape index (κ2) is 9.84. The van der Waals surface area contributed by atoms with E-state index in [9.17, 15) is 23.3 Å². The number of anilines is 1. The van der Waals surface area contributed by atoms with Crippen molar-refractivity contribution in [1.29, 1.82) is 0 Å². The highest BCUT2D eigenvalue weighted by Crippen LogP contribution is 2.22. The predicted octanol–water partition coefficient (Wildman–Crippen LogP) is 4.47. The Balaban J connectivity index is 1.79. The maximum atomic E-state index is 12.9. The zero-order chi connectivity index (χ0) is 25.0. The molecular formula is C24H24N4O5S. The number of nitrogens with one attached hydrogen (secondary N) is 2. The number of nitro groups is 1. The minimum Gasteiger partial charge on any atom is -0.279 e. The zero-order valence-electron chi connectivity index (χ0n) is 19.1. The van der Waals surface area contributed by atoms with Crippen molar-refractivity contribution in [2.75, 3.05) is 4.72 Å². The summed E-state index contributed by atoms with van der Waals surface area (Å²) in [6, 6.07) is 15.6. The van der Waals surface area contributed by atoms with Gasteiger partial charge in [0.05, 0.1) is 21.2 Å². The van der Waals surface area contributed by atoms with E-state index in [2.05, 4.69) is 15.2 Å². The van der Waals surface area contributed by atoms with Gasteiger partial charge in [0.1, 0.15) is 0 Å². The molecule has 0 atom stereocenters. The van der Waals surface area contributed by atoms with E-state index >= 15 is 0 Å². The van der Waals surface area contributed by atoms with E-state index in [0.717, 1.165) is 11.1 Å². The Bertz CT molecular complexity index is 1410. The fourth-order valence-electron chi connectivity index (χ4n) is 3.23. The Morgan fingerprint density at radius 2 is 1.68 bits per heavy atom. The number of benzene rings is 3. The maximum Gasteiger partial charge on any atom is 0.272 e. The SMILES string of the molecule is C/C(=N/NC(=O)c1cccc(S(=O)(=O)Nc2ccc(C)cc2C)c1)c1ccc(C)c([N+](=O)[O-])c1. The molecular weight excluding hydrogens is 456 g/mol. The fourth-order valence-corrected chi connectivity index (χ4v) is 4.41. The standard InChI is InChI=1S/C24H24N4O5S/c1-15-8-11-22(17(3)12-15)27-34(32,33)21-7-5-6-20(13-21)24(29)26-25-18(4)19-10-9-16(2)23(14-19)28(30)31/h5-14,27H,1-4H3,(H,26,29)/b25-18-. The first-order valence-electron chi connectivity index (χ1n) is 10.3. The van der Waals surface area contributed by atoms with Gasteiger partial charge in [0.2, 0.25) is 0 Å². The summed E-state index contributed by atoms with van der Waals surface area (Å²) in [5, 5.41) is 15.2. The molecule has 0 bridgehead atoms. The van der Waals surface area contributed by atoms with Crippen LogP contribution in [0, 0.1) is 30.9 Å². The van der Waals surface area contributed by atoms with Gasteiger partial charge < -0.3 is 0 Å². The number of nitro benzene ring substituents is 1. The molecule has 0 fully saturated rings. The van der Waals surface area contributed by atoms with Crippen molar-refractivity contribution in [3.05, 3.63) is 98.6 Å². The lowest BCUT2D eigenvalue weighted by atomic mass is 10.1. The molecule has 176 valence electrons. The molecule has 2 N–H and O–H groups in total. The Morgan fingerprint density at radius 1 is 0.941 bits per heavy atom. The van der Waals surface area contributed by atoms with Crippen LogP contribution in [-0.2, 0) is 10.0 Å². The van der Waals surface area contributed by atoms with Crippen molar-refractivity contribution in [3.63, 3.8) is 0 Å². The number of sulfonamides is 1. The molecule has 3 aromatic rings. The van der Waals surface area contributed by atoms with E-state index in [0.29, 0.717) is 22.5 Å². The van der Waals surface area contributed by atoms with Crippen molar-refractivity contribution in [2.24, 2.45) is 5.10 Å². The number of amides is 1. The number of nitrogens with zero attached hydrogens (tertiary/aromatic N) is 2. The van der Waals surface area contributed by atoms with Gasteiger partial charge in [0.25, 0.3) is 21.6 Å². The molecule has 0 aliphatic rings. The Kier molecular flexibility index (Phi) is 7.11. The molecule has 0 spiro atoms. The Labute approximate surface area is 197 Å². The van der Waals surface area contributed by atoms with Crippen LogP contribution in [0.25, 0.3) is 0 Å². The maximum absolute atomic E-state index is 12.9. The largest absolute Gasteiger partial charge is 0.279 e. The minimum absolute atomic E-state index is 0.0485. The smallest absolute Gasteiger partial charge is 0.272 e. The van der Waals surface area contributed by atoms with Crippen LogP contribution >= 0.6 is 0 Å². The lowest BCUT2D eigenvalue weighted by Crippen LogP contribution is -2.20. The molecule has 0 aliphatic heterocycles. The molecule has 34 heavy (non-hydrogen) atoms. The first-order valence-corrected chi connectivity index (χ1v) is 11.8. The second-order valence-corrected chi connectivity index (χ2v) is 9.53. The molecule has 9 nitrogen and oxygen atoms in total. The number of carbonyl (C=O) groups excluding carboxylic acids is 1. The molecule has 10 heteroatoms. The number of aryl methyl sites for hydroxylation is 3. The molecule has 3 aromatic carbocycles. The number of hydrazone groups is 1. The quantitative estimate of drug-likeness (QED) is 0.293. The van der Waals surface area contributed by atoms with Crippen molar-refractivity contribution >= 4 is 33.0 Å². The summed E-state index contributed by atoms with van der Waals surface area (Å²) in [4.78, 5) is 23.2. The molecule has 0 unspecified atom stereocenters. The highest BCUT2D eigenvalue weighted by molar-refractivity contribution is 7.92. The van der Waals surface area contributed by atoms with Crippen LogP contribution in [0.4, 0.5) is 11.4 Å². The number of carbonyl (C=O) groups is 1. The summed E-state index contributed by atoms with van der Waals surface area (Å²) in [5.41, 5.74) is 6.00. The second-order valence-electron chi connectivity index (χ2n) is 7.85. The van der Waals surface area contributed by atoms with Gasteiger partial charge >= 0.3 is 0 Å². The first kappa shape index (κ1) is 24.6. The molecule has 0 aliphatic carbocycles. The van der Waals surface area contributed by atoms with Crippen molar-refractivity contribution in [3.8, 4) is 0 Å². The van der Waals surface area contributed by atoms with E-state index in [1.807, 2.05) is 13.0 Å². The third-order valence-electron chi connectivity index (χ3n) is 5.18. The van der Waals surface area contributed by atoms with Crippen LogP contribution in [0.3, 0.4) is 0 Å². The number of hydrogen-bond donors (Lipinski definition) is 2. The van der Waals surface area contributed by atoms with Gasteiger partial charge in [-0.2, -0.15) is 5.10 Å². The van der Waals surface area contributed by atoms with Crippen LogP contribution in [0.15, 0.2) is 70.7 Å². The van der Waals surface area contributed by atoms with Crippen LogP contribution in [0.1, 0.15) is 39.5 Å². The fraction of sp³-hybridized carbons (Fsp3) is 0.167. The van der Waals surface area contributed by atoms with Gasteiger partial charge in [-0.1, -0.05) is 35.9 Å². The molecule has 0 heterocycles. The van der Waals surface area contributed by atoms with Crippen LogP contribution in [-0.4, -0.2) is 25.0 Å². The van der Waals surface area contributed by atoms with E-state index in [1.165, 1.54) is 30.3 Å². The van der Waals surface area contributed by atoms with Gasteiger partial charge in [0, 0.05) is 22.8 Å². The van der Waals surface area contributed by atoms with Crippen molar-refractivity contribution in [1.82, 2.24) is 5.43 Å². The predicted molar refractivity (Wildman–Crippen MR) is 131 cm³/mol. The topological polar surface area (TPSA) is 131 Å². The Morgan fingerprint density at radius 3 is 2.35 bits per heavy atom. The lowest BCUT2D eigenvalue weighted by Gasteiger charge is -2.12. The number of hydrogen-bond acceptors (Lipinski definition) is 6. The first-order chi connectivity index (χ1) is 16.0.